The summed E-state index contributed by atoms with van der Waals surface area (Å²) in [6, 6.07) is 83.6. The number of hydrogen-bond acceptors (Lipinski definition) is 3. The van der Waals surface area contributed by atoms with Gasteiger partial charge in [-0.1, -0.05) is 212 Å². The van der Waals surface area contributed by atoms with Crippen molar-refractivity contribution in [2.24, 2.45) is 0 Å². The number of para-hydroxylation sites is 2. The lowest BCUT2D eigenvalue weighted by Crippen LogP contribution is -2.08. The van der Waals surface area contributed by atoms with E-state index in [-0.39, 0.29) is 0 Å². The van der Waals surface area contributed by atoms with Crippen molar-refractivity contribution < 1.29 is 0 Å². The number of allylic oxidation sites excluding steroid dienone is 4. The van der Waals surface area contributed by atoms with Crippen molar-refractivity contribution in [3.8, 4) is 56.4 Å². The van der Waals surface area contributed by atoms with E-state index in [0.29, 0.717) is 17.6 Å². The van der Waals surface area contributed by atoms with Crippen LogP contribution in [0.3, 0.4) is 0 Å². The molecular formula is C69H45N5. The van der Waals surface area contributed by atoms with Gasteiger partial charge < -0.3 is 4.57 Å². The Morgan fingerprint density at radius 3 is 1.42 bits per heavy atom. The maximum absolute atomic E-state index is 5.24. The zero-order valence-electron chi connectivity index (χ0n) is 40.3. The van der Waals surface area contributed by atoms with E-state index in [1.807, 2.05) is 18.2 Å². The van der Waals surface area contributed by atoms with Crippen molar-refractivity contribution in [2.45, 2.75) is 12.8 Å². The Balaban J connectivity index is 0.788. The van der Waals surface area contributed by atoms with Gasteiger partial charge in [0, 0.05) is 38.4 Å². The van der Waals surface area contributed by atoms with E-state index in [1.54, 1.807) is 0 Å². The molecule has 5 heteroatoms. The van der Waals surface area contributed by atoms with Gasteiger partial charge in [0.1, 0.15) is 0 Å². The lowest BCUT2D eigenvalue weighted by molar-refractivity contribution is 0.928. The number of nitrogens with zero attached hydrogens (tertiary/aromatic N) is 5. The molecule has 0 radical (unpaired) electrons. The molecule has 0 atom stereocenters. The monoisotopic (exact) mass is 943 g/mol. The van der Waals surface area contributed by atoms with E-state index in [9.17, 15) is 0 Å². The fourth-order valence-corrected chi connectivity index (χ4v) is 11.7. The molecule has 0 spiro atoms. The van der Waals surface area contributed by atoms with E-state index in [2.05, 4.69) is 240 Å². The van der Waals surface area contributed by atoms with E-state index in [1.165, 1.54) is 70.9 Å². The second-order valence-electron chi connectivity index (χ2n) is 19.4. The van der Waals surface area contributed by atoms with Crippen molar-refractivity contribution in [2.75, 3.05) is 0 Å². The molecule has 14 aromatic rings. The normalized spacial score (nSPS) is 12.8. The first-order valence-corrected chi connectivity index (χ1v) is 25.5. The number of hydrogen-bond donors (Lipinski definition) is 0. The van der Waals surface area contributed by atoms with Crippen LogP contribution in [0.15, 0.2) is 249 Å². The molecule has 11 aromatic carbocycles. The van der Waals surface area contributed by atoms with Crippen LogP contribution in [-0.2, 0) is 0 Å². The number of rotatable bonds is 7. The summed E-state index contributed by atoms with van der Waals surface area (Å²) < 4.78 is 4.67. The van der Waals surface area contributed by atoms with Crippen molar-refractivity contribution in [3.63, 3.8) is 0 Å². The Hall–Kier alpha value is -9.71. The van der Waals surface area contributed by atoms with Gasteiger partial charge in [-0.25, -0.2) is 4.98 Å². The molecule has 3 heterocycles. The van der Waals surface area contributed by atoms with Crippen LogP contribution in [0.1, 0.15) is 18.7 Å². The molecule has 0 unspecified atom stereocenters. The molecule has 0 fully saturated rings. The molecule has 0 bridgehead atoms. The van der Waals surface area contributed by atoms with Gasteiger partial charge in [0.05, 0.1) is 22.1 Å². The first kappa shape index (κ1) is 42.0. The first-order chi connectivity index (χ1) is 36.7. The topological polar surface area (TPSA) is 48.5 Å². The standard InChI is InChI=1S/C69H45N5/c1-3-15-49(16-4-1)67-70-68(50-17-5-2-6-18-50)72-69(71-67)74-63-26-14-12-24-60(63)65-64(74)42-41-59-58-23-11-13-25-62(58)73(66(59)65)52-38-35-47(36-39-52)46-29-27-44(28-30-46)45-31-33-48(34-32-45)51-37-40-57-55-21-8-7-19-53(55)54-20-9-10-22-56(54)61(57)43-51/h1,3-5,7-43H,2,6H2. The predicted octanol–water partition coefficient (Wildman–Crippen LogP) is 17.9. The minimum atomic E-state index is 0.596. The molecule has 0 N–H and O–H groups in total. The highest BCUT2D eigenvalue weighted by atomic mass is 15.2. The molecule has 0 amide bonds. The highest BCUT2D eigenvalue weighted by molar-refractivity contribution is 6.27. The van der Waals surface area contributed by atoms with Gasteiger partial charge >= 0.3 is 0 Å². The highest BCUT2D eigenvalue weighted by Gasteiger charge is 2.23. The van der Waals surface area contributed by atoms with Crippen molar-refractivity contribution in [1.82, 2.24) is 24.1 Å². The summed E-state index contributed by atoms with van der Waals surface area (Å²) in [6.07, 6.45) is 8.55. The van der Waals surface area contributed by atoms with Gasteiger partial charge in [0.15, 0.2) is 11.6 Å². The molecule has 0 aliphatic heterocycles. The first-order valence-electron chi connectivity index (χ1n) is 25.5. The zero-order chi connectivity index (χ0) is 48.7. The summed E-state index contributed by atoms with van der Waals surface area (Å²) in [5.41, 5.74) is 14.6. The maximum atomic E-state index is 5.24. The molecule has 1 aliphatic rings. The maximum Gasteiger partial charge on any atom is 0.238 e. The van der Waals surface area contributed by atoms with Gasteiger partial charge in [-0.05, 0) is 115 Å². The highest BCUT2D eigenvalue weighted by Crippen LogP contribution is 2.43. The Morgan fingerprint density at radius 1 is 0.311 bits per heavy atom. The SMILES string of the molecule is C1=CC(c2nc(-c3ccccc3)nc(-n3c4ccccc4c4c3ccc3c5ccccc5n(-c5ccc(-c6ccc(-c7ccc(-c8ccc9c%10ccccc%10c%10ccccc%10c9c8)cc7)cc6)cc5)c34)n2)=CCC1. The van der Waals surface area contributed by atoms with E-state index >= 15 is 0 Å². The van der Waals surface area contributed by atoms with Crippen LogP contribution >= 0.6 is 0 Å². The van der Waals surface area contributed by atoms with E-state index in [0.717, 1.165) is 68.1 Å². The second-order valence-corrected chi connectivity index (χ2v) is 19.4. The minimum absolute atomic E-state index is 0.596. The summed E-state index contributed by atoms with van der Waals surface area (Å²) >= 11 is 0. The Morgan fingerprint density at radius 2 is 0.797 bits per heavy atom. The van der Waals surface area contributed by atoms with E-state index < -0.39 is 0 Å². The van der Waals surface area contributed by atoms with Crippen LogP contribution in [0.5, 0.6) is 0 Å². The average molecular weight is 944 g/mol. The summed E-state index contributed by atoms with van der Waals surface area (Å²) in [4.78, 5) is 15.5. The molecular weight excluding hydrogens is 899 g/mol. The minimum Gasteiger partial charge on any atom is -0.309 e. The van der Waals surface area contributed by atoms with Gasteiger partial charge in [-0.3, -0.25) is 4.57 Å². The van der Waals surface area contributed by atoms with Gasteiger partial charge in [0.25, 0.3) is 0 Å². The molecule has 346 valence electrons. The molecule has 5 nitrogen and oxygen atoms in total. The third-order valence-corrected chi connectivity index (χ3v) is 15.2. The number of benzene rings is 11. The van der Waals surface area contributed by atoms with Gasteiger partial charge in [-0.2, -0.15) is 9.97 Å². The lowest BCUT2D eigenvalue weighted by atomic mass is 9.91. The van der Waals surface area contributed by atoms with Crippen LogP contribution in [0.25, 0.3) is 138 Å². The molecule has 3 aromatic heterocycles. The van der Waals surface area contributed by atoms with Crippen LogP contribution in [0, 0.1) is 0 Å². The van der Waals surface area contributed by atoms with Crippen LogP contribution in [0.2, 0.25) is 0 Å². The fourth-order valence-electron chi connectivity index (χ4n) is 11.7. The van der Waals surface area contributed by atoms with Gasteiger partial charge in [0.2, 0.25) is 5.95 Å². The molecule has 74 heavy (non-hydrogen) atoms. The summed E-state index contributed by atoms with van der Waals surface area (Å²) in [6.45, 7) is 0. The number of aromatic nitrogens is 5. The van der Waals surface area contributed by atoms with Crippen molar-refractivity contribution >= 4 is 81.5 Å². The van der Waals surface area contributed by atoms with E-state index in [4.69, 9.17) is 15.0 Å². The predicted molar refractivity (Wildman–Crippen MR) is 309 cm³/mol. The summed E-state index contributed by atoms with van der Waals surface area (Å²) in [7, 11) is 0. The van der Waals surface area contributed by atoms with Crippen LogP contribution < -0.4 is 0 Å². The molecule has 0 saturated carbocycles. The zero-order valence-corrected chi connectivity index (χ0v) is 40.3. The molecule has 1 aliphatic carbocycles. The van der Waals surface area contributed by atoms with Crippen LogP contribution in [0.4, 0.5) is 0 Å². The quantitative estimate of drug-likeness (QED) is 0.150. The second kappa shape index (κ2) is 17.0. The number of fused-ring (bicyclic) bond motifs is 13. The van der Waals surface area contributed by atoms with Crippen molar-refractivity contribution in [3.05, 3.63) is 255 Å². The average Bonchev–Trinajstić information content (AvgIpc) is 4.01. The van der Waals surface area contributed by atoms with Crippen LogP contribution in [-0.4, -0.2) is 24.1 Å². The van der Waals surface area contributed by atoms with Gasteiger partial charge in [-0.15, -0.1) is 0 Å². The smallest absolute Gasteiger partial charge is 0.238 e. The Labute approximate surface area is 427 Å². The van der Waals surface area contributed by atoms with Crippen molar-refractivity contribution in [1.29, 1.82) is 0 Å². The largest absolute Gasteiger partial charge is 0.309 e. The molecule has 0 saturated heterocycles. The summed E-state index contributed by atoms with van der Waals surface area (Å²) in [5.74, 6) is 1.92. The summed E-state index contributed by atoms with van der Waals surface area (Å²) in [5, 5.41) is 12.5. The Bertz CT molecular complexity index is 4580. The third kappa shape index (κ3) is 6.74. The fraction of sp³-hybridized carbons (Fsp3) is 0.0290. The third-order valence-electron chi connectivity index (χ3n) is 15.2. The molecule has 15 rings (SSSR count). The lowest BCUT2D eigenvalue weighted by Gasteiger charge is -2.13. The Kier molecular flexibility index (Phi) is 9.64.